The summed E-state index contributed by atoms with van der Waals surface area (Å²) in [5, 5.41) is 6.58. The van der Waals surface area contributed by atoms with E-state index in [0.717, 1.165) is 15.6 Å². The van der Waals surface area contributed by atoms with Crippen LogP contribution in [0.4, 0.5) is 0 Å². The predicted molar refractivity (Wildman–Crippen MR) is 123 cm³/mol. The molecule has 0 spiro atoms. The molecule has 0 saturated carbocycles. The zero-order chi connectivity index (χ0) is 18.9. The summed E-state index contributed by atoms with van der Waals surface area (Å²) in [6, 6.07) is 12.0. The van der Waals surface area contributed by atoms with E-state index in [1.54, 1.807) is 28.4 Å². The fourth-order valence-corrected chi connectivity index (χ4v) is 2.92. The Hall–Kier alpha value is -1.68. The van der Waals surface area contributed by atoms with Gasteiger partial charge in [0, 0.05) is 24.6 Å². The lowest BCUT2D eigenvalue weighted by molar-refractivity contribution is 0.323. The van der Waals surface area contributed by atoms with Crippen molar-refractivity contribution in [2.75, 3.05) is 28.4 Å². The van der Waals surface area contributed by atoms with E-state index < -0.39 is 0 Å². The van der Waals surface area contributed by atoms with Gasteiger partial charge in [-0.1, -0.05) is 28.1 Å². The number of nitrogens with zero attached hydrogens (tertiary/aromatic N) is 1. The van der Waals surface area contributed by atoms with Crippen LogP contribution >= 0.6 is 39.9 Å². The quantitative estimate of drug-likeness (QED) is 0.311. The third kappa shape index (κ3) is 6.76. The number of hydrogen-bond acceptors (Lipinski definition) is 4. The topological polar surface area (TPSA) is 64.1 Å². The molecule has 0 aliphatic rings. The largest absolute Gasteiger partial charge is 0.493 e. The monoisotopic (exact) mass is 549 g/mol. The van der Waals surface area contributed by atoms with Crippen LogP contribution in [0.2, 0.25) is 0 Å². The number of rotatable bonds is 7. The Morgan fingerprint density at radius 1 is 0.926 bits per heavy atom. The lowest BCUT2D eigenvalue weighted by Gasteiger charge is -2.16. The Balaban J connectivity index is 0.00000364. The van der Waals surface area contributed by atoms with Gasteiger partial charge in [0.1, 0.15) is 0 Å². The maximum absolute atomic E-state index is 5.39. The zero-order valence-corrected chi connectivity index (χ0v) is 19.8. The molecule has 0 aromatic heterocycles. The van der Waals surface area contributed by atoms with Crippen molar-refractivity contribution in [1.29, 1.82) is 0 Å². The summed E-state index contributed by atoms with van der Waals surface area (Å²) in [4.78, 5) is 4.26. The molecule has 0 unspecified atom stereocenters. The van der Waals surface area contributed by atoms with Crippen LogP contribution < -0.4 is 24.8 Å². The van der Waals surface area contributed by atoms with Crippen molar-refractivity contribution < 1.29 is 14.2 Å². The van der Waals surface area contributed by atoms with Gasteiger partial charge in [0.2, 0.25) is 5.75 Å². The highest BCUT2D eigenvalue weighted by Crippen LogP contribution is 2.38. The molecule has 2 N–H and O–H groups in total. The van der Waals surface area contributed by atoms with Crippen molar-refractivity contribution in [3.8, 4) is 17.2 Å². The van der Waals surface area contributed by atoms with Crippen molar-refractivity contribution in [1.82, 2.24) is 10.6 Å². The van der Waals surface area contributed by atoms with Crippen molar-refractivity contribution in [2.24, 2.45) is 4.99 Å². The summed E-state index contributed by atoms with van der Waals surface area (Å²) in [6.07, 6.45) is 0. The lowest BCUT2D eigenvalue weighted by Crippen LogP contribution is -2.36. The molecule has 0 atom stereocenters. The molecule has 8 heteroatoms. The Morgan fingerprint density at radius 3 is 2.00 bits per heavy atom. The van der Waals surface area contributed by atoms with Gasteiger partial charge in [-0.05, 0) is 35.4 Å². The molecule has 0 fully saturated rings. The van der Waals surface area contributed by atoms with Gasteiger partial charge < -0.3 is 24.8 Å². The number of ether oxygens (including phenoxy) is 3. The fourth-order valence-electron chi connectivity index (χ4n) is 2.48. The minimum atomic E-state index is 0. The molecule has 2 aromatic carbocycles. The number of aliphatic imine (C=N–C) groups is 1. The summed E-state index contributed by atoms with van der Waals surface area (Å²) >= 11 is 3.48. The molecule has 0 radical (unpaired) electrons. The minimum Gasteiger partial charge on any atom is -0.493 e. The Morgan fingerprint density at radius 2 is 1.52 bits per heavy atom. The van der Waals surface area contributed by atoms with Crippen molar-refractivity contribution >= 4 is 45.9 Å². The van der Waals surface area contributed by atoms with Crippen molar-refractivity contribution in [3.05, 3.63) is 52.0 Å². The van der Waals surface area contributed by atoms with Crippen molar-refractivity contribution in [2.45, 2.75) is 13.1 Å². The number of nitrogens with one attached hydrogen (secondary N) is 2. The van der Waals surface area contributed by atoms with E-state index in [-0.39, 0.29) is 24.0 Å². The van der Waals surface area contributed by atoms with Crippen molar-refractivity contribution in [3.63, 3.8) is 0 Å². The van der Waals surface area contributed by atoms with Gasteiger partial charge in [-0.25, -0.2) is 0 Å². The highest BCUT2D eigenvalue weighted by molar-refractivity contribution is 14.0. The zero-order valence-electron chi connectivity index (χ0n) is 15.8. The Labute approximate surface area is 185 Å². The van der Waals surface area contributed by atoms with Gasteiger partial charge in [0.15, 0.2) is 17.5 Å². The van der Waals surface area contributed by atoms with Crippen LogP contribution in [-0.4, -0.2) is 34.3 Å². The molecule has 0 saturated heterocycles. The first-order chi connectivity index (χ1) is 12.6. The van der Waals surface area contributed by atoms with E-state index in [9.17, 15) is 0 Å². The summed E-state index contributed by atoms with van der Waals surface area (Å²) < 4.78 is 17.2. The second-order valence-electron chi connectivity index (χ2n) is 5.44. The number of guanidine groups is 1. The van der Waals surface area contributed by atoms with Gasteiger partial charge in [0.05, 0.1) is 21.3 Å². The summed E-state index contributed by atoms with van der Waals surface area (Å²) in [6.45, 7) is 1.24. The molecule has 0 aliphatic carbocycles. The fraction of sp³-hybridized carbons (Fsp3) is 0.316. The first-order valence-electron chi connectivity index (χ1n) is 8.09. The van der Waals surface area contributed by atoms with E-state index in [1.165, 1.54) is 0 Å². The molecule has 27 heavy (non-hydrogen) atoms. The standard InChI is InChI=1S/C19H24BrN3O3.HI/c1-21-19(22-11-13-6-5-7-15(20)8-13)23-12-14-9-16(24-2)18(26-4)17(10-14)25-3;/h5-10H,11-12H2,1-4H3,(H2,21,22,23);1H. The molecule has 0 heterocycles. The average Bonchev–Trinajstić information content (AvgIpc) is 2.67. The number of benzene rings is 2. The summed E-state index contributed by atoms with van der Waals surface area (Å²) in [5.74, 6) is 2.54. The maximum Gasteiger partial charge on any atom is 0.203 e. The smallest absolute Gasteiger partial charge is 0.203 e. The second-order valence-corrected chi connectivity index (χ2v) is 6.36. The van der Waals surface area contributed by atoms with E-state index in [4.69, 9.17) is 14.2 Å². The van der Waals surface area contributed by atoms with Gasteiger partial charge in [-0.3, -0.25) is 4.99 Å². The van der Waals surface area contributed by atoms with Gasteiger partial charge in [-0.2, -0.15) is 0 Å². The molecule has 6 nitrogen and oxygen atoms in total. The predicted octanol–water partition coefficient (Wildman–Crippen LogP) is 3.96. The van der Waals surface area contributed by atoms with Gasteiger partial charge in [0.25, 0.3) is 0 Å². The molecular weight excluding hydrogens is 525 g/mol. The first-order valence-corrected chi connectivity index (χ1v) is 8.88. The third-order valence-electron chi connectivity index (χ3n) is 3.76. The normalized spacial score (nSPS) is 10.6. The molecule has 0 aliphatic heterocycles. The Bertz CT molecular complexity index is 747. The van der Waals surface area contributed by atoms with E-state index in [1.807, 2.05) is 24.3 Å². The highest BCUT2D eigenvalue weighted by atomic mass is 127. The molecule has 0 bridgehead atoms. The second kappa shape index (κ2) is 11.9. The number of hydrogen-bond donors (Lipinski definition) is 2. The van der Waals surface area contributed by atoms with Crippen LogP contribution in [-0.2, 0) is 13.1 Å². The molecule has 0 amide bonds. The van der Waals surface area contributed by atoms with Crippen LogP contribution in [0.25, 0.3) is 0 Å². The van der Waals surface area contributed by atoms with Crippen LogP contribution in [0, 0.1) is 0 Å². The number of halogens is 2. The maximum atomic E-state index is 5.39. The van der Waals surface area contributed by atoms with E-state index >= 15 is 0 Å². The Kier molecular flexibility index (Phi) is 10.3. The van der Waals surface area contributed by atoms with Crippen LogP contribution in [0.5, 0.6) is 17.2 Å². The van der Waals surface area contributed by atoms with Gasteiger partial charge in [-0.15, -0.1) is 24.0 Å². The van der Waals surface area contributed by atoms with Crippen LogP contribution in [0.1, 0.15) is 11.1 Å². The number of methoxy groups -OCH3 is 3. The summed E-state index contributed by atoms with van der Waals surface area (Å²) in [5.41, 5.74) is 2.15. The molecule has 2 aromatic rings. The lowest BCUT2D eigenvalue weighted by atomic mass is 10.2. The SMILES string of the molecule is CN=C(NCc1cccc(Br)c1)NCc1cc(OC)c(OC)c(OC)c1.I. The molecular formula is C19H25BrIN3O3. The minimum absolute atomic E-state index is 0. The first kappa shape index (κ1) is 23.4. The van der Waals surface area contributed by atoms with E-state index in [0.29, 0.717) is 36.3 Å². The van der Waals surface area contributed by atoms with Gasteiger partial charge >= 0.3 is 0 Å². The highest BCUT2D eigenvalue weighted by Gasteiger charge is 2.13. The molecule has 2 rings (SSSR count). The summed E-state index contributed by atoms with van der Waals surface area (Å²) in [7, 11) is 6.54. The van der Waals surface area contributed by atoms with Crippen LogP contribution in [0.15, 0.2) is 45.9 Å². The third-order valence-corrected chi connectivity index (χ3v) is 4.25. The van der Waals surface area contributed by atoms with Crippen LogP contribution in [0.3, 0.4) is 0 Å². The van der Waals surface area contributed by atoms with E-state index in [2.05, 4.69) is 43.7 Å². The molecule has 148 valence electrons. The average molecular weight is 550 g/mol.